The maximum Gasteiger partial charge on any atom is 0.239 e. The van der Waals surface area contributed by atoms with Gasteiger partial charge in [0.15, 0.2) is 0 Å². The van der Waals surface area contributed by atoms with Crippen LogP contribution in [-0.4, -0.2) is 23.1 Å². The van der Waals surface area contributed by atoms with Gasteiger partial charge in [-0.1, -0.05) is 0 Å². The summed E-state index contributed by atoms with van der Waals surface area (Å²) in [5.74, 6) is 6.60. The van der Waals surface area contributed by atoms with Crippen LogP contribution >= 0.6 is 0 Å². The second kappa shape index (κ2) is 2.94. The molecule has 1 aromatic rings. The van der Waals surface area contributed by atoms with E-state index in [0.717, 1.165) is 18.9 Å². The van der Waals surface area contributed by atoms with Crippen LogP contribution in [0.4, 0.5) is 11.8 Å². The van der Waals surface area contributed by atoms with E-state index < -0.39 is 0 Å². The molecule has 2 rings (SSSR count). The average Bonchev–Trinajstić information content (AvgIpc) is 2.02. The van der Waals surface area contributed by atoms with Crippen molar-refractivity contribution in [1.82, 2.24) is 9.97 Å². The third-order valence-corrected chi connectivity index (χ3v) is 1.95. The first-order valence-corrected chi connectivity index (χ1v) is 3.95. The Kier molecular flexibility index (Phi) is 1.79. The van der Waals surface area contributed by atoms with Crippen LogP contribution in [0, 0.1) is 0 Å². The third kappa shape index (κ3) is 1.18. The number of hydrogen-bond donors (Lipinski definition) is 2. The molecule has 1 saturated heterocycles. The summed E-state index contributed by atoms with van der Waals surface area (Å²) in [5, 5.41) is 0. The van der Waals surface area contributed by atoms with Crippen molar-refractivity contribution < 1.29 is 0 Å². The molecule has 0 aromatic carbocycles. The normalized spacial score (nSPS) is 15.6. The molecule has 0 aliphatic carbocycles. The Bertz CT molecular complexity index is 270. The Morgan fingerprint density at radius 1 is 1.50 bits per heavy atom. The lowest BCUT2D eigenvalue weighted by atomic mass is 10.2. The number of rotatable bonds is 2. The molecule has 0 spiro atoms. The number of nitrogens with two attached hydrogens (primary N) is 1. The van der Waals surface area contributed by atoms with Gasteiger partial charge in [-0.15, -0.1) is 0 Å². The van der Waals surface area contributed by atoms with Gasteiger partial charge in [-0.2, -0.15) is 4.98 Å². The molecule has 0 saturated carbocycles. The molecule has 1 aliphatic heterocycles. The van der Waals surface area contributed by atoms with Gasteiger partial charge in [-0.05, 0) is 12.5 Å². The number of hydrazine groups is 1. The van der Waals surface area contributed by atoms with Gasteiger partial charge in [-0.3, -0.25) is 5.43 Å². The smallest absolute Gasteiger partial charge is 0.239 e. The van der Waals surface area contributed by atoms with Crippen LogP contribution in [0.1, 0.15) is 6.42 Å². The van der Waals surface area contributed by atoms with E-state index in [1.54, 1.807) is 6.20 Å². The summed E-state index contributed by atoms with van der Waals surface area (Å²) in [6.45, 7) is 2.17. The molecule has 1 aliphatic rings. The summed E-state index contributed by atoms with van der Waals surface area (Å²) in [6, 6.07) is 1.89. The maximum absolute atomic E-state index is 5.18. The first-order chi connectivity index (χ1) is 5.90. The second-order valence-corrected chi connectivity index (χ2v) is 2.72. The van der Waals surface area contributed by atoms with Gasteiger partial charge in [0.2, 0.25) is 5.95 Å². The number of aromatic nitrogens is 2. The summed E-state index contributed by atoms with van der Waals surface area (Å²) < 4.78 is 0. The van der Waals surface area contributed by atoms with E-state index in [9.17, 15) is 0 Å². The highest BCUT2D eigenvalue weighted by molar-refractivity contribution is 5.43. The highest BCUT2D eigenvalue weighted by Gasteiger charge is 2.15. The zero-order chi connectivity index (χ0) is 8.39. The molecule has 1 fully saturated rings. The van der Waals surface area contributed by atoms with Crippen molar-refractivity contribution in [3.05, 3.63) is 12.3 Å². The van der Waals surface area contributed by atoms with Crippen LogP contribution in [0.5, 0.6) is 0 Å². The number of nitrogens with zero attached hydrogens (tertiary/aromatic N) is 3. The van der Waals surface area contributed by atoms with E-state index in [2.05, 4.69) is 20.3 Å². The van der Waals surface area contributed by atoms with Crippen molar-refractivity contribution in [3.8, 4) is 0 Å². The second-order valence-electron chi connectivity index (χ2n) is 2.72. The molecular weight excluding hydrogens is 154 g/mol. The zero-order valence-electron chi connectivity index (χ0n) is 6.70. The largest absolute Gasteiger partial charge is 0.356 e. The number of nitrogen functional groups attached to an aromatic ring is 1. The number of nitrogens with one attached hydrogen (secondary N) is 1. The van der Waals surface area contributed by atoms with Gasteiger partial charge < -0.3 is 4.90 Å². The minimum Gasteiger partial charge on any atom is -0.356 e. The van der Waals surface area contributed by atoms with Crippen molar-refractivity contribution in [3.63, 3.8) is 0 Å². The summed E-state index contributed by atoms with van der Waals surface area (Å²) in [6.07, 6.45) is 2.95. The quantitative estimate of drug-likeness (QED) is 0.476. The van der Waals surface area contributed by atoms with Crippen LogP contribution in [0.3, 0.4) is 0 Å². The van der Waals surface area contributed by atoms with Crippen LogP contribution in [0.2, 0.25) is 0 Å². The van der Waals surface area contributed by atoms with Gasteiger partial charge in [0, 0.05) is 19.3 Å². The molecule has 5 heteroatoms. The summed E-state index contributed by atoms with van der Waals surface area (Å²) in [7, 11) is 0. The van der Waals surface area contributed by atoms with Crippen molar-refractivity contribution in [2.75, 3.05) is 23.4 Å². The lowest BCUT2D eigenvalue weighted by molar-refractivity contribution is 0.609. The van der Waals surface area contributed by atoms with Gasteiger partial charge in [0.05, 0.1) is 0 Å². The monoisotopic (exact) mass is 165 g/mol. The fraction of sp³-hybridized carbons (Fsp3) is 0.429. The van der Waals surface area contributed by atoms with E-state index in [4.69, 9.17) is 5.84 Å². The summed E-state index contributed by atoms with van der Waals surface area (Å²) in [4.78, 5) is 10.3. The van der Waals surface area contributed by atoms with Crippen LogP contribution < -0.4 is 16.2 Å². The maximum atomic E-state index is 5.18. The van der Waals surface area contributed by atoms with Gasteiger partial charge in [0.1, 0.15) is 5.82 Å². The van der Waals surface area contributed by atoms with Crippen molar-refractivity contribution in [2.24, 2.45) is 5.84 Å². The Balaban J connectivity index is 2.19. The van der Waals surface area contributed by atoms with E-state index in [1.807, 2.05) is 6.07 Å². The van der Waals surface area contributed by atoms with Crippen molar-refractivity contribution >= 4 is 11.8 Å². The van der Waals surface area contributed by atoms with Crippen LogP contribution in [0.15, 0.2) is 12.3 Å². The predicted octanol–water partition coefficient (Wildman–Crippen LogP) is -0.0277. The van der Waals surface area contributed by atoms with E-state index >= 15 is 0 Å². The Morgan fingerprint density at radius 3 is 2.92 bits per heavy atom. The molecule has 1 aromatic heterocycles. The van der Waals surface area contributed by atoms with Gasteiger partial charge in [0.25, 0.3) is 0 Å². The van der Waals surface area contributed by atoms with Crippen LogP contribution in [0.25, 0.3) is 0 Å². The molecule has 0 radical (unpaired) electrons. The predicted molar refractivity (Wildman–Crippen MR) is 46.7 cm³/mol. The van der Waals surface area contributed by atoms with Crippen molar-refractivity contribution in [1.29, 1.82) is 0 Å². The molecule has 0 amide bonds. The molecular formula is C7H11N5. The van der Waals surface area contributed by atoms with E-state index in [1.165, 1.54) is 6.42 Å². The third-order valence-electron chi connectivity index (χ3n) is 1.95. The molecule has 0 unspecified atom stereocenters. The molecule has 2 heterocycles. The lowest BCUT2D eigenvalue weighted by Crippen LogP contribution is -2.37. The van der Waals surface area contributed by atoms with Gasteiger partial charge >= 0.3 is 0 Å². The van der Waals surface area contributed by atoms with Gasteiger partial charge in [-0.25, -0.2) is 10.8 Å². The zero-order valence-corrected chi connectivity index (χ0v) is 6.70. The Labute approximate surface area is 70.6 Å². The number of hydrogen-bond acceptors (Lipinski definition) is 5. The van der Waals surface area contributed by atoms with E-state index in [0.29, 0.717) is 5.95 Å². The molecule has 3 N–H and O–H groups in total. The molecule has 0 bridgehead atoms. The average molecular weight is 165 g/mol. The Morgan fingerprint density at radius 2 is 2.33 bits per heavy atom. The fourth-order valence-electron chi connectivity index (χ4n) is 1.14. The molecule has 0 atom stereocenters. The summed E-state index contributed by atoms with van der Waals surface area (Å²) >= 11 is 0. The highest BCUT2D eigenvalue weighted by Crippen LogP contribution is 2.17. The standard InChI is InChI=1S/C7H11N5/c8-11-7-9-3-2-6(10-7)12-4-1-5-12/h2-3H,1,4-5,8H2,(H,9,10,11). The first kappa shape index (κ1) is 7.30. The minimum atomic E-state index is 0.472. The first-order valence-electron chi connectivity index (χ1n) is 3.95. The molecule has 64 valence electrons. The van der Waals surface area contributed by atoms with E-state index in [-0.39, 0.29) is 0 Å². The summed E-state index contributed by atoms with van der Waals surface area (Å²) in [5.41, 5.74) is 2.42. The van der Waals surface area contributed by atoms with Crippen LogP contribution in [-0.2, 0) is 0 Å². The SMILES string of the molecule is NNc1nccc(N2CCC2)n1. The minimum absolute atomic E-state index is 0.472. The number of anilines is 2. The topological polar surface area (TPSA) is 67.1 Å². The fourth-order valence-corrected chi connectivity index (χ4v) is 1.14. The Hall–Kier alpha value is -1.36. The highest BCUT2D eigenvalue weighted by atomic mass is 15.3. The molecule has 12 heavy (non-hydrogen) atoms. The lowest BCUT2D eigenvalue weighted by Gasteiger charge is -2.31. The van der Waals surface area contributed by atoms with Crippen molar-refractivity contribution in [2.45, 2.75) is 6.42 Å². The molecule has 5 nitrogen and oxygen atoms in total.